The first-order valence-electron chi connectivity index (χ1n) is 9.16. The number of carboxylic acid groups (broad SMARTS) is 1. The molecule has 7 heteroatoms. The van der Waals surface area contributed by atoms with E-state index in [0.717, 1.165) is 17.5 Å². The van der Waals surface area contributed by atoms with E-state index >= 15 is 0 Å². The SMILES string of the molecule is CCc1ccc(-c2csc3nc(CCOC)n(C(C)(C)C(=O)O)c(=O)c23)cc1. The van der Waals surface area contributed by atoms with Crippen molar-refractivity contribution in [3.05, 3.63) is 51.4 Å². The van der Waals surface area contributed by atoms with Gasteiger partial charge in [0.2, 0.25) is 0 Å². The van der Waals surface area contributed by atoms with Crippen LogP contribution in [0.5, 0.6) is 0 Å². The summed E-state index contributed by atoms with van der Waals surface area (Å²) >= 11 is 1.40. The lowest BCUT2D eigenvalue weighted by Crippen LogP contribution is -2.45. The number of aliphatic carboxylic acids is 1. The van der Waals surface area contributed by atoms with Crippen LogP contribution in [0.4, 0.5) is 0 Å². The van der Waals surface area contributed by atoms with Crippen LogP contribution in [-0.4, -0.2) is 34.3 Å². The minimum absolute atomic E-state index is 0.334. The molecule has 0 saturated heterocycles. The number of aromatic nitrogens is 2. The number of methoxy groups -OCH3 is 1. The second kappa shape index (κ2) is 7.85. The number of thiophene rings is 1. The van der Waals surface area contributed by atoms with Gasteiger partial charge in [-0.3, -0.25) is 9.36 Å². The Bertz CT molecular complexity index is 1060. The van der Waals surface area contributed by atoms with Crippen molar-refractivity contribution >= 4 is 27.5 Å². The monoisotopic (exact) mass is 400 g/mol. The highest BCUT2D eigenvalue weighted by atomic mass is 32.1. The number of carbonyl (C=O) groups is 1. The summed E-state index contributed by atoms with van der Waals surface area (Å²) in [6.45, 7) is 5.47. The maximum Gasteiger partial charge on any atom is 0.329 e. The summed E-state index contributed by atoms with van der Waals surface area (Å²) in [4.78, 5) is 30.6. The van der Waals surface area contributed by atoms with Crippen molar-refractivity contribution in [3.8, 4) is 11.1 Å². The molecule has 0 unspecified atom stereocenters. The zero-order valence-electron chi connectivity index (χ0n) is 16.5. The largest absolute Gasteiger partial charge is 0.480 e. The molecule has 2 heterocycles. The maximum atomic E-state index is 13.5. The molecule has 1 N–H and O–H groups in total. The Labute approximate surface area is 167 Å². The van der Waals surface area contributed by atoms with Gasteiger partial charge >= 0.3 is 5.97 Å². The molecular formula is C21H24N2O4S. The van der Waals surface area contributed by atoms with Crippen molar-refractivity contribution < 1.29 is 14.6 Å². The fourth-order valence-electron chi connectivity index (χ4n) is 3.20. The first-order chi connectivity index (χ1) is 13.3. The fourth-order valence-corrected chi connectivity index (χ4v) is 4.16. The number of fused-ring (bicyclic) bond motifs is 1. The summed E-state index contributed by atoms with van der Waals surface area (Å²) in [6, 6.07) is 8.06. The molecule has 1 aromatic carbocycles. The predicted molar refractivity (Wildman–Crippen MR) is 111 cm³/mol. The molecule has 0 bridgehead atoms. The van der Waals surface area contributed by atoms with Crippen LogP contribution in [0.2, 0.25) is 0 Å². The van der Waals surface area contributed by atoms with E-state index in [9.17, 15) is 14.7 Å². The van der Waals surface area contributed by atoms with Gasteiger partial charge in [0.05, 0.1) is 12.0 Å². The quantitative estimate of drug-likeness (QED) is 0.654. The van der Waals surface area contributed by atoms with Crippen LogP contribution >= 0.6 is 11.3 Å². The van der Waals surface area contributed by atoms with Gasteiger partial charge in [-0.15, -0.1) is 11.3 Å². The molecule has 0 aliphatic heterocycles. The van der Waals surface area contributed by atoms with E-state index in [0.29, 0.717) is 29.1 Å². The third-order valence-electron chi connectivity index (χ3n) is 4.96. The highest BCUT2D eigenvalue weighted by Gasteiger charge is 2.34. The summed E-state index contributed by atoms with van der Waals surface area (Å²) in [6.07, 6.45) is 1.30. The lowest BCUT2D eigenvalue weighted by Gasteiger charge is -2.25. The standard InChI is InChI=1S/C21H24N2O4S/c1-5-13-6-8-14(9-7-13)15-12-28-18-17(15)19(24)23(21(2,3)20(25)26)16(22-18)10-11-27-4/h6-9,12H,5,10-11H2,1-4H3,(H,25,26). The van der Waals surface area contributed by atoms with Crippen LogP contribution in [0.1, 0.15) is 32.2 Å². The topological polar surface area (TPSA) is 81.4 Å². The minimum atomic E-state index is -1.42. The zero-order chi connectivity index (χ0) is 20.5. The van der Waals surface area contributed by atoms with Crippen LogP contribution in [0.15, 0.2) is 34.4 Å². The van der Waals surface area contributed by atoms with Gasteiger partial charge in [0.15, 0.2) is 0 Å². The number of hydrogen-bond donors (Lipinski definition) is 1. The highest BCUT2D eigenvalue weighted by molar-refractivity contribution is 7.17. The second-order valence-electron chi connectivity index (χ2n) is 7.16. The molecule has 0 aliphatic carbocycles. The Kier molecular flexibility index (Phi) is 5.67. The van der Waals surface area contributed by atoms with E-state index in [2.05, 4.69) is 11.9 Å². The van der Waals surface area contributed by atoms with Gasteiger partial charge in [0, 0.05) is 24.5 Å². The van der Waals surface area contributed by atoms with Crippen molar-refractivity contribution in [2.75, 3.05) is 13.7 Å². The number of benzene rings is 1. The second-order valence-corrected chi connectivity index (χ2v) is 8.01. The lowest BCUT2D eigenvalue weighted by molar-refractivity contribution is -0.146. The van der Waals surface area contributed by atoms with Crippen LogP contribution in [0.3, 0.4) is 0 Å². The molecule has 0 spiro atoms. The van der Waals surface area contributed by atoms with Gasteiger partial charge in [-0.2, -0.15) is 0 Å². The third kappa shape index (κ3) is 3.47. The molecular weight excluding hydrogens is 376 g/mol. The average molecular weight is 401 g/mol. The molecule has 0 atom stereocenters. The van der Waals surface area contributed by atoms with Crippen molar-refractivity contribution in [2.45, 2.75) is 39.2 Å². The molecule has 148 valence electrons. The van der Waals surface area contributed by atoms with Gasteiger partial charge in [-0.25, -0.2) is 9.78 Å². The summed E-state index contributed by atoms with van der Waals surface area (Å²) < 4.78 is 6.42. The van der Waals surface area contributed by atoms with E-state index in [-0.39, 0.29) is 5.56 Å². The van der Waals surface area contributed by atoms with E-state index in [1.807, 2.05) is 29.6 Å². The molecule has 3 aromatic rings. The smallest absolute Gasteiger partial charge is 0.329 e. The van der Waals surface area contributed by atoms with E-state index in [1.54, 1.807) is 7.11 Å². The minimum Gasteiger partial charge on any atom is -0.480 e. The van der Waals surface area contributed by atoms with Crippen LogP contribution in [0.25, 0.3) is 21.3 Å². The van der Waals surface area contributed by atoms with Crippen LogP contribution in [-0.2, 0) is 27.9 Å². The van der Waals surface area contributed by atoms with Crippen molar-refractivity contribution in [1.82, 2.24) is 9.55 Å². The molecule has 6 nitrogen and oxygen atoms in total. The lowest BCUT2D eigenvalue weighted by atomic mass is 10.0. The number of nitrogens with zero attached hydrogens (tertiary/aromatic N) is 2. The zero-order valence-corrected chi connectivity index (χ0v) is 17.3. The first kappa shape index (κ1) is 20.2. The van der Waals surface area contributed by atoms with Gasteiger partial charge < -0.3 is 9.84 Å². The Morgan fingerprint density at radius 3 is 2.54 bits per heavy atom. The summed E-state index contributed by atoms with van der Waals surface area (Å²) in [5.74, 6) is -0.667. The van der Waals surface area contributed by atoms with Crippen molar-refractivity contribution in [2.24, 2.45) is 0 Å². The van der Waals surface area contributed by atoms with E-state index in [4.69, 9.17) is 4.74 Å². The molecule has 0 radical (unpaired) electrons. The van der Waals surface area contributed by atoms with Gasteiger partial charge in [0.1, 0.15) is 16.2 Å². The summed E-state index contributed by atoms with van der Waals surface area (Å²) in [7, 11) is 1.56. The summed E-state index contributed by atoms with van der Waals surface area (Å²) in [5, 5.41) is 12.1. The molecule has 0 fully saturated rings. The van der Waals surface area contributed by atoms with Crippen LogP contribution in [0, 0.1) is 0 Å². The Morgan fingerprint density at radius 2 is 1.96 bits per heavy atom. The number of aryl methyl sites for hydroxylation is 1. The fraction of sp³-hybridized carbons (Fsp3) is 0.381. The van der Waals surface area contributed by atoms with E-state index in [1.165, 1.54) is 35.3 Å². The molecule has 0 aliphatic rings. The van der Waals surface area contributed by atoms with Crippen molar-refractivity contribution in [1.29, 1.82) is 0 Å². The van der Waals surface area contributed by atoms with Crippen LogP contribution < -0.4 is 5.56 Å². The normalized spacial score (nSPS) is 11.9. The third-order valence-corrected chi connectivity index (χ3v) is 5.83. The van der Waals surface area contributed by atoms with Crippen molar-refractivity contribution in [3.63, 3.8) is 0 Å². The van der Waals surface area contributed by atoms with Gasteiger partial charge in [-0.05, 0) is 31.4 Å². The summed E-state index contributed by atoms with van der Waals surface area (Å²) in [5.41, 5.74) is 1.17. The number of carboxylic acids is 1. The molecule has 28 heavy (non-hydrogen) atoms. The molecule has 3 rings (SSSR count). The van der Waals surface area contributed by atoms with Gasteiger partial charge in [0.25, 0.3) is 5.56 Å². The van der Waals surface area contributed by atoms with Gasteiger partial charge in [-0.1, -0.05) is 31.2 Å². The Morgan fingerprint density at radius 1 is 1.29 bits per heavy atom. The Balaban J connectivity index is 2.28. The number of ether oxygens (including phenoxy) is 1. The Hall–Kier alpha value is -2.51. The predicted octanol–water partition coefficient (Wildman–Crippen LogP) is 3.70. The van der Waals surface area contributed by atoms with E-state index < -0.39 is 11.5 Å². The highest BCUT2D eigenvalue weighted by Crippen LogP contribution is 2.32. The molecule has 0 amide bonds. The average Bonchev–Trinajstić information content (AvgIpc) is 3.10. The molecule has 0 saturated carbocycles. The first-order valence-corrected chi connectivity index (χ1v) is 10.0. The molecule has 2 aromatic heterocycles. The number of hydrogen-bond acceptors (Lipinski definition) is 5. The number of rotatable bonds is 7. The maximum absolute atomic E-state index is 13.5.